The molecule has 1 aromatic heterocycles. The topological polar surface area (TPSA) is 83.0 Å². The van der Waals surface area contributed by atoms with Gasteiger partial charge in [-0.2, -0.15) is 0 Å². The molecule has 0 saturated carbocycles. The maximum atomic E-state index is 13.4. The molecule has 3 aromatic carbocycles. The Morgan fingerprint density at radius 2 is 1.78 bits per heavy atom. The van der Waals surface area contributed by atoms with Crippen molar-refractivity contribution in [2.45, 2.75) is 13.0 Å². The summed E-state index contributed by atoms with van der Waals surface area (Å²) in [6, 6.07) is 21.1. The summed E-state index contributed by atoms with van der Waals surface area (Å²) in [6.07, 6.45) is 0. The number of benzene rings is 3. The molecule has 1 aliphatic heterocycles. The summed E-state index contributed by atoms with van der Waals surface area (Å²) in [6.45, 7) is 2.45. The molecule has 5 rings (SSSR count). The molecule has 1 amide bonds. The Morgan fingerprint density at radius 1 is 1.06 bits per heavy atom. The van der Waals surface area contributed by atoms with Crippen molar-refractivity contribution in [2.24, 2.45) is 0 Å². The van der Waals surface area contributed by atoms with Crippen LogP contribution in [-0.2, 0) is 9.59 Å². The van der Waals surface area contributed by atoms with Crippen LogP contribution in [0.3, 0.4) is 0 Å². The third-order valence-electron chi connectivity index (χ3n) is 6.08. The number of rotatable bonds is 6. The number of carbonyl (C=O) groups is 2. The SMILES string of the molecule is CCOc1ccc2nc(N3C(=O)C(=O)C(=C(O)c4ccccc4)C3c3ccc(N(C)C)cc3)sc2c1. The smallest absolute Gasteiger partial charge is 0.301 e. The number of ketones is 1. The predicted octanol–water partition coefficient (Wildman–Crippen LogP) is 5.39. The fourth-order valence-corrected chi connectivity index (χ4v) is 5.32. The molecule has 0 spiro atoms. The van der Waals surface area contributed by atoms with Crippen molar-refractivity contribution in [3.63, 3.8) is 0 Å². The van der Waals surface area contributed by atoms with Crippen molar-refractivity contribution in [1.29, 1.82) is 0 Å². The maximum absolute atomic E-state index is 13.4. The lowest BCUT2D eigenvalue weighted by Gasteiger charge is -2.23. The molecule has 0 radical (unpaired) electrons. The maximum Gasteiger partial charge on any atom is 0.301 e. The molecule has 4 aromatic rings. The quantitative estimate of drug-likeness (QED) is 0.218. The van der Waals surface area contributed by atoms with Crippen LogP contribution in [0.25, 0.3) is 16.0 Å². The number of Topliss-reactive ketones (excluding diaryl/α,β-unsaturated/α-hetero) is 1. The number of carbonyl (C=O) groups excluding carboxylic acids is 2. The van der Waals surface area contributed by atoms with Gasteiger partial charge in [-0.3, -0.25) is 14.5 Å². The van der Waals surface area contributed by atoms with Gasteiger partial charge in [-0.05, 0) is 42.8 Å². The number of hydrogen-bond acceptors (Lipinski definition) is 7. The van der Waals surface area contributed by atoms with E-state index in [4.69, 9.17) is 4.74 Å². The standard InChI is InChI=1S/C28H25N3O4S/c1-4-35-20-14-15-21-22(16-20)36-28(29-21)31-24(17-10-12-19(13-11-17)30(2)3)23(26(33)27(31)34)25(32)18-8-6-5-7-9-18/h5-16,24,32H,4H2,1-3H3. The number of amides is 1. The second-order valence-corrected chi connectivity index (χ2v) is 9.59. The molecule has 1 unspecified atom stereocenters. The van der Waals surface area contributed by atoms with Crippen LogP contribution >= 0.6 is 11.3 Å². The summed E-state index contributed by atoms with van der Waals surface area (Å²) in [5, 5.41) is 11.6. The van der Waals surface area contributed by atoms with Gasteiger partial charge in [-0.25, -0.2) is 4.98 Å². The van der Waals surface area contributed by atoms with E-state index in [1.165, 1.54) is 16.2 Å². The fraction of sp³-hybridized carbons (Fsp3) is 0.179. The number of nitrogens with zero attached hydrogens (tertiary/aromatic N) is 3. The zero-order valence-corrected chi connectivity index (χ0v) is 21.0. The molecule has 1 atom stereocenters. The average Bonchev–Trinajstić information content (AvgIpc) is 3.42. The van der Waals surface area contributed by atoms with Crippen LogP contribution < -0.4 is 14.5 Å². The van der Waals surface area contributed by atoms with Crippen LogP contribution in [0, 0.1) is 0 Å². The first-order chi connectivity index (χ1) is 17.4. The van der Waals surface area contributed by atoms with Gasteiger partial charge >= 0.3 is 5.91 Å². The van der Waals surface area contributed by atoms with Gasteiger partial charge in [0.1, 0.15) is 11.5 Å². The lowest BCUT2D eigenvalue weighted by atomic mass is 9.95. The van der Waals surface area contributed by atoms with Gasteiger partial charge in [0.2, 0.25) is 0 Å². The van der Waals surface area contributed by atoms with Gasteiger partial charge in [0.05, 0.1) is 28.4 Å². The Morgan fingerprint density at radius 3 is 2.44 bits per heavy atom. The first-order valence-corrected chi connectivity index (χ1v) is 12.4. The second-order valence-electron chi connectivity index (χ2n) is 8.58. The number of aliphatic hydroxyl groups is 1. The molecule has 1 fully saturated rings. The Hall–Kier alpha value is -4.17. The minimum atomic E-state index is -0.826. The zero-order chi connectivity index (χ0) is 25.4. The van der Waals surface area contributed by atoms with Gasteiger partial charge < -0.3 is 14.7 Å². The van der Waals surface area contributed by atoms with Crippen LogP contribution in [0.15, 0.2) is 78.4 Å². The van der Waals surface area contributed by atoms with Crippen molar-refractivity contribution in [1.82, 2.24) is 4.98 Å². The molecule has 0 bridgehead atoms. The lowest BCUT2D eigenvalue weighted by Crippen LogP contribution is -2.29. The van der Waals surface area contributed by atoms with Crippen molar-refractivity contribution in [2.75, 3.05) is 30.5 Å². The highest BCUT2D eigenvalue weighted by molar-refractivity contribution is 7.22. The van der Waals surface area contributed by atoms with E-state index in [0.29, 0.717) is 34.1 Å². The Balaban J connectivity index is 1.68. The molecule has 1 aliphatic rings. The molecule has 2 heterocycles. The highest BCUT2D eigenvalue weighted by Gasteiger charge is 2.48. The number of hydrogen-bond donors (Lipinski definition) is 1. The van der Waals surface area contributed by atoms with Crippen molar-refractivity contribution in [3.8, 4) is 5.75 Å². The van der Waals surface area contributed by atoms with E-state index >= 15 is 0 Å². The number of thiazole rings is 1. The largest absolute Gasteiger partial charge is 0.507 e. The number of aliphatic hydroxyl groups excluding tert-OH is 1. The van der Waals surface area contributed by atoms with Crippen LogP contribution in [-0.4, -0.2) is 42.5 Å². The number of fused-ring (bicyclic) bond motifs is 1. The third kappa shape index (κ3) is 4.09. The number of anilines is 2. The number of aromatic nitrogens is 1. The molecule has 36 heavy (non-hydrogen) atoms. The normalized spacial score (nSPS) is 17.1. The first kappa shape index (κ1) is 23.6. The Labute approximate surface area is 212 Å². The molecule has 8 heteroatoms. The van der Waals surface area contributed by atoms with Crippen LogP contribution in [0.5, 0.6) is 5.75 Å². The average molecular weight is 500 g/mol. The molecule has 1 N–H and O–H groups in total. The Kier molecular flexibility index (Phi) is 6.20. The predicted molar refractivity (Wildman–Crippen MR) is 143 cm³/mol. The van der Waals surface area contributed by atoms with Gasteiger partial charge in [-0.15, -0.1) is 0 Å². The molecule has 182 valence electrons. The van der Waals surface area contributed by atoms with Crippen molar-refractivity contribution >= 4 is 49.8 Å². The van der Waals surface area contributed by atoms with E-state index in [9.17, 15) is 14.7 Å². The van der Waals surface area contributed by atoms with Gasteiger partial charge in [-0.1, -0.05) is 53.8 Å². The van der Waals surface area contributed by atoms with E-state index in [0.717, 1.165) is 10.4 Å². The molecule has 1 saturated heterocycles. The third-order valence-corrected chi connectivity index (χ3v) is 7.10. The first-order valence-electron chi connectivity index (χ1n) is 11.6. The highest BCUT2D eigenvalue weighted by atomic mass is 32.1. The fourth-order valence-electron chi connectivity index (χ4n) is 4.30. The second kappa shape index (κ2) is 9.47. The highest BCUT2D eigenvalue weighted by Crippen LogP contribution is 2.44. The van der Waals surface area contributed by atoms with E-state index in [2.05, 4.69) is 4.98 Å². The summed E-state index contributed by atoms with van der Waals surface area (Å²) < 4.78 is 6.44. The summed E-state index contributed by atoms with van der Waals surface area (Å²) in [5.41, 5.74) is 2.88. The molecule has 7 nitrogen and oxygen atoms in total. The van der Waals surface area contributed by atoms with E-state index in [1.54, 1.807) is 24.3 Å². The minimum Gasteiger partial charge on any atom is -0.507 e. The summed E-state index contributed by atoms with van der Waals surface area (Å²) in [5.74, 6) is -0.967. The van der Waals surface area contributed by atoms with Gasteiger partial charge in [0.25, 0.3) is 5.78 Å². The molecule has 0 aliphatic carbocycles. The molecular formula is C28H25N3O4S. The summed E-state index contributed by atoms with van der Waals surface area (Å²) in [4.78, 5) is 34.8. The molecular weight excluding hydrogens is 474 g/mol. The van der Waals surface area contributed by atoms with Gasteiger partial charge in [0, 0.05) is 25.3 Å². The summed E-state index contributed by atoms with van der Waals surface area (Å²) >= 11 is 1.31. The van der Waals surface area contributed by atoms with Gasteiger partial charge in [0.15, 0.2) is 5.13 Å². The monoisotopic (exact) mass is 499 g/mol. The van der Waals surface area contributed by atoms with Crippen LogP contribution in [0.4, 0.5) is 10.8 Å². The van der Waals surface area contributed by atoms with Crippen LogP contribution in [0.1, 0.15) is 24.1 Å². The summed E-state index contributed by atoms with van der Waals surface area (Å²) in [7, 11) is 3.88. The Bertz CT molecular complexity index is 1480. The lowest BCUT2D eigenvalue weighted by molar-refractivity contribution is -0.132. The van der Waals surface area contributed by atoms with E-state index < -0.39 is 17.7 Å². The van der Waals surface area contributed by atoms with Crippen LogP contribution in [0.2, 0.25) is 0 Å². The van der Waals surface area contributed by atoms with E-state index in [1.807, 2.05) is 74.4 Å². The minimum absolute atomic E-state index is 0.0399. The van der Waals surface area contributed by atoms with Crippen molar-refractivity contribution < 1.29 is 19.4 Å². The van der Waals surface area contributed by atoms with E-state index in [-0.39, 0.29) is 11.3 Å². The zero-order valence-electron chi connectivity index (χ0n) is 20.1. The van der Waals surface area contributed by atoms with Crippen molar-refractivity contribution in [3.05, 3.63) is 89.5 Å². The number of ether oxygens (including phenoxy) is 1.